The lowest BCUT2D eigenvalue weighted by Gasteiger charge is -2.12. The van der Waals surface area contributed by atoms with Gasteiger partial charge in [0.25, 0.3) is 10.1 Å². The zero-order chi connectivity index (χ0) is 39.3. The zero-order valence-corrected chi connectivity index (χ0v) is 29.7. The smallest absolute Gasteiger partial charge is 0.337 e. The summed E-state index contributed by atoms with van der Waals surface area (Å²) in [7, 11) is -8.41. The second-order valence-electron chi connectivity index (χ2n) is 10.1. The van der Waals surface area contributed by atoms with Crippen molar-refractivity contribution in [3.05, 3.63) is 89.9 Å². The minimum atomic E-state index is -4.95. The van der Waals surface area contributed by atoms with Gasteiger partial charge >= 0.3 is 12.0 Å². The van der Waals surface area contributed by atoms with Gasteiger partial charge in [0.05, 0.1) is 52.8 Å². The Labute approximate surface area is 309 Å². The number of nitrogens with zero attached hydrogens (tertiary/aromatic N) is 6. The molecular weight excluding hydrogens is 782 g/mol. The molecule has 21 nitrogen and oxygen atoms in total. The molecule has 286 valence electrons. The number of aromatic nitrogens is 3. The number of aromatic carboxylic acids is 1. The minimum Gasteiger partial charge on any atom is -0.504 e. The van der Waals surface area contributed by atoms with Crippen LogP contribution >= 0.6 is 12.0 Å². The van der Waals surface area contributed by atoms with E-state index in [0.717, 1.165) is 17.5 Å². The van der Waals surface area contributed by atoms with Gasteiger partial charge in [-0.05, 0) is 30.3 Å². The Balaban J connectivity index is 1.63. The average molecular weight is 810 g/mol. The van der Waals surface area contributed by atoms with E-state index in [0.29, 0.717) is 17.6 Å². The standard InChI is InChI=1S/C29H28FN9O12S3/c1-2-53(44,45)13-12-49-11-10-31-28-33-27(30)34-29(35-28)32-22-15-19(54(46,47)48)16-23(24(22)40)37-39-25(17-6-4-3-5-7-17)38-36-21-14-18(52-51-50-43)8-9-20(21)26(41)42/h2-9,14-16,36,40,43H,1,10-13H2,(H,41,42)(H,46,47,48)(H2,31,32,33,34,35)/b38-25-,39-37?. The number of carboxylic acid groups (broad SMARTS) is 1. The monoisotopic (exact) mass is 809 g/mol. The first-order valence-corrected chi connectivity index (χ1v) is 18.6. The molecule has 0 saturated heterocycles. The molecule has 0 saturated carbocycles. The lowest BCUT2D eigenvalue weighted by molar-refractivity contribution is -0.432. The number of benzene rings is 3. The van der Waals surface area contributed by atoms with Gasteiger partial charge in [0, 0.05) is 22.4 Å². The van der Waals surface area contributed by atoms with Crippen LogP contribution in [0, 0.1) is 6.08 Å². The van der Waals surface area contributed by atoms with Gasteiger partial charge in [-0.2, -0.15) is 32.9 Å². The largest absolute Gasteiger partial charge is 0.504 e. The summed E-state index contributed by atoms with van der Waals surface area (Å²) in [5, 5.41) is 50.7. The van der Waals surface area contributed by atoms with Gasteiger partial charge in [-0.25, -0.2) is 18.5 Å². The lowest BCUT2D eigenvalue weighted by Crippen LogP contribution is -2.16. The van der Waals surface area contributed by atoms with Gasteiger partial charge in [-0.15, -0.1) is 14.6 Å². The van der Waals surface area contributed by atoms with Crippen LogP contribution in [0.3, 0.4) is 0 Å². The second-order valence-corrected chi connectivity index (χ2v) is 14.4. The summed E-state index contributed by atoms with van der Waals surface area (Å²) in [4.78, 5) is 22.2. The molecule has 0 unspecified atom stereocenters. The van der Waals surface area contributed by atoms with Crippen LogP contribution in [0.15, 0.2) is 97.8 Å². The molecule has 1 aromatic heterocycles. The fraction of sp³-hybridized carbons (Fsp3) is 0.138. The number of phenols is 1. The highest BCUT2D eigenvalue weighted by molar-refractivity contribution is 7.94. The Morgan fingerprint density at radius 1 is 1.00 bits per heavy atom. The third-order valence-corrected chi connectivity index (χ3v) is 9.11. The number of hydrazone groups is 1. The van der Waals surface area contributed by atoms with Crippen LogP contribution in [0.5, 0.6) is 5.75 Å². The average Bonchev–Trinajstić information content (AvgIpc) is 3.13. The van der Waals surface area contributed by atoms with Crippen molar-refractivity contribution >= 4 is 72.8 Å². The summed E-state index contributed by atoms with van der Waals surface area (Å²) in [5.41, 5.74) is 1.54. The van der Waals surface area contributed by atoms with E-state index in [2.05, 4.69) is 62.3 Å². The molecule has 0 spiro atoms. The number of azo groups is 1. The first-order valence-electron chi connectivity index (χ1n) is 14.7. The fourth-order valence-electron chi connectivity index (χ4n) is 3.97. The summed E-state index contributed by atoms with van der Waals surface area (Å²) in [6.45, 7) is 3.04. The van der Waals surface area contributed by atoms with Gasteiger partial charge in [-0.3, -0.25) is 9.98 Å². The van der Waals surface area contributed by atoms with E-state index in [-0.39, 0.29) is 53.4 Å². The van der Waals surface area contributed by atoms with Crippen LogP contribution in [-0.2, 0) is 34.1 Å². The first-order chi connectivity index (χ1) is 25.7. The summed E-state index contributed by atoms with van der Waals surface area (Å²) >= 11 is 0.549. The van der Waals surface area contributed by atoms with Crippen molar-refractivity contribution in [2.75, 3.05) is 41.6 Å². The van der Waals surface area contributed by atoms with E-state index in [1.807, 2.05) is 0 Å². The van der Waals surface area contributed by atoms with Gasteiger partial charge in [0.1, 0.15) is 5.69 Å². The number of carbonyl (C=O) groups is 1. The molecular formula is C29H28FN9O12S3. The van der Waals surface area contributed by atoms with E-state index in [1.54, 1.807) is 30.3 Å². The molecule has 4 aromatic rings. The quantitative estimate of drug-likeness (QED) is 0.00795. The van der Waals surface area contributed by atoms with Crippen molar-refractivity contribution in [2.24, 2.45) is 15.3 Å². The van der Waals surface area contributed by atoms with Crippen LogP contribution in [0.1, 0.15) is 15.9 Å². The van der Waals surface area contributed by atoms with Crippen molar-refractivity contribution in [1.29, 1.82) is 0 Å². The SMILES string of the molecule is C=CS(=O)(=O)CCOCCNc1nc(F)nc(Nc2cc(S(=O)(=O)O)cc(N=N/C(=N\Nc3cc(SOOO)ccc3C(=O)O)c3ccccc3)c2O)n1. The molecule has 0 fully saturated rings. The molecule has 0 aliphatic carbocycles. The number of sulfone groups is 1. The van der Waals surface area contributed by atoms with Crippen molar-refractivity contribution in [3.63, 3.8) is 0 Å². The third kappa shape index (κ3) is 12.2. The number of rotatable bonds is 19. The van der Waals surface area contributed by atoms with Gasteiger partial charge in [0.15, 0.2) is 15.6 Å². The van der Waals surface area contributed by atoms with E-state index < -0.39 is 60.0 Å². The van der Waals surface area contributed by atoms with E-state index >= 15 is 0 Å². The molecule has 3 aromatic carbocycles. The highest BCUT2D eigenvalue weighted by Gasteiger charge is 2.20. The number of carboxylic acids is 1. The van der Waals surface area contributed by atoms with Crippen molar-refractivity contribution in [1.82, 2.24) is 15.0 Å². The molecule has 0 radical (unpaired) electrons. The molecule has 0 bridgehead atoms. The molecule has 0 atom stereocenters. The molecule has 7 N–H and O–H groups in total. The Bertz CT molecular complexity index is 2270. The van der Waals surface area contributed by atoms with Crippen molar-refractivity contribution < 1.29 is 60.2 Å². The Hall–Kier alpha value is -5.67. The number of anilines is 4. The molecule has 0 aliphatic rings. The number of hydrogen-bond acceptors (Lipinski definition) is 19. The lowest BCUT2D eigenvalue weighted by atomic mass is 10.2. The van der Waals surface area contributed by atoms with Crippen LogP contribution in [0.2, 0.25) is 0 Å². The molecule has 54 heavy (non-hydrogen) atoms. The maximum atomic E-state index is 14.3. The Morgan fingerprint density at radius 3 is 2.43 bits per heavy atom. The molecule has 1 heterocycles. The Kier molecular flexibility index (Phi) is 14.4. The predicted octanol–water partition coefficient (Wildman–Crippen LogP) is 4.38. The van der Waals surface area contributed by atoms with Gasteiger partial charge in [-0.1, -0.05) is 41.9 Å². The van der Waals surface area contributed by atoms with Crippen LogP contribution in [-0.4, -0.2) is 89.1 Å². The van der Waals surface area contributed by atoms with E-state index in [1.165, 1.54) is 18.2 Å². The molecule has 0 aliphatic heterocycles. The Morgan fingerprint density at radius 2 is 1.74 bits per heavy atom. The molecule has 0 amide bonds. The fourth-order valence-corrected chi connectivity index (χ4v) is 5.41. The number of amidine groups is 1. The molecule has 25 heteroatoms. The summed E-state index contributed by atoms with van der Waals surface area (Å²) < 4.78 is 81.0. The maximum absolute atomic E-state index is 14.3. The number of aromatic hydroxyl groups is 1. The second kappa shape index (κ2) is 18.9. The van der Waals surface area contributed by atoms with Crippen molar-refractivity contribution in [3.8, 4) is 5.75 Å². The number of ether oxygens (including phenoxy) is 1. The number of hydrogen-bond donors (Lipinski definition) is 7. The van der Waals surface area contributed by atoms with E-state index in [4.69, 9.17) is 9.99 Å². The number of nitrogens with one attached hydrogen (secondary N) is 3. The van der Waals surface area contributed by atoms with Crippen molar-refractivity contribution in [2.45, 2.75) is 9.79 Å². The predicted molar refractivity (Wildman–Crippen MR) is 189 cm³/mol. The zero-order valence-electron chi connectivity index (χ0n) is 27.2. The topological polar surface area (TPSA) is 306 Å². The minimum absolute atomic E-state index is 0.000317. The summed E-state index contributed by atoms with van der Waals surface area (Å²) in [6.07, 6.45) is -1.29. The van der Waals surface area contributed by atoms with E-state index in [9.17, 15) is 40.8 Å². The van der Waals surface area contributed by atoms with Crippen LogP contribution in [0.4, 0.5) is 33.3 Å². The number of phenolic OH excluding ortho intramolecular Hbond substituents is 1. The number of halogens is 1. The van der Waals surface area contributed by atoms with Gasteiger partial charge < -0.3 is 25.6 Å². The first kappa shape index (κ1) is 41.1. The molecule has 4 rings (SSSR count). The normalized spacial score (nSPS) is 12.1. The maximum Gasteiger partial charge on any atom is 0.337 e. The van der Waals surface area contributed by atoms with Crippen LogP contribution < -0.4 is 16.1 Å². The highest BCUT2D eigenvalue weighted by atomic mass is 32.2. The van der Waals surface area contributed by atoms with Gasteiger partial charge in [0.2, 0.25) is 17.7 Å². The summed E-state index contributed by atoms with van der Waals surface area (Å²) in [6, 6.07) is 13.4. The van der Waals surface area contributed by atoms with Crippen LogP contribution in [0.25, 0.3) is 0 Å². The summed E-state index contributed by atoms with van der Waals surface area (Å²) in [5.74, 6) is -3.46. The third-order valence-electron chi connectivity index (χ3n) is 6.46. The highest BCUT2D eigenvalue weighted by Crippen LogP contribution is 2.39.